The van der Waals surface area contributed by atoms with Gasteiger partial charge in [0.25, 0.3) is 0 Å². The largest absolute Gasteiger partial charge is 0.439 e. The summed E-state index contributed by atoms with van der Waals surface area (Å²) in [4.78, 5) is 4.49. The molecular formula is C56H39N3O. The van der Waals surface area contributed by atoms with E-state index in [0.717, 1.165) is 39.1 Å². The number of fused-ring (bicyclic) bond motifs is 7. The van der Waals surface area contributed by atoms with Crippen molar-refractivity contribution >= 4 is 66.0 Å². The first kappa shape index (κ1) is 35.2. The van der Waals surface area contributed by atoms with Crippen LogP contribution in [0, 0.1) is 0 Å². The van der Waals surface area contributed by atoms with Gasteiger partial charge in [0.05, 0.1) is 22.1 Å². The molecule has 0 spiro atoms. The molecule has 2 aromatic heterocycles. The van der Waals surface area contributed by atoms with Crippen molar-refractivity contribution in [3.8, 4) is 33.6 Å². The van der Waals surface area contributed by atoms with Gasteiger partial charge in [-0.25, -0.2) is 0 Å². The van der Waals surface area contributed by atoms with Gasteiger partial charge in [-0.3, -0.25) is 4.99 Å². The molecule has 0 aliphatic rings. The van der Waals surface area contributed by atoms with Crippen LogP contribution in [-0.4, -0.2) is 22.1 Å². The first-order valence-electron chi connectivity index (χ1n) is 20.3. The van der Waals surface area contributed by atoms with Crippen LogP contribution in [0.2, 0.25) is 0 Å². The first-order chi connectivity index (χ1) is 29.6. The molecule has 0 atom stereocenters. The molecule has 0 aliphatic carbocycles. The van der Waals surface area contributed by atoms with E-state index in [4.69, 9.17) is 4.74 Å². The molecule has 0 bridgehead atoms. The molecule has 11 rings (SSSR count). The van der Waals surface area contributed by atoms with Crippen LogP contribution >= 0.6 is 0 Å². The normalized spacial score (nSPS) is 11.9. The Kier molecular flexibility index (Phi) is 8.49. The summed E-state index contributed by atoms with van der Waals surface area (Å²) in [5.41, 5.74) is 13.4. The highest BCUT2D eigenvalue weighted by Gasteiger charge is 2.17. The lowest BCUT2D eigenvalue weighted by Crippen LogP contribution is -2.06. The van der Waals surface area contributed by atoms with E-state index in [1.807, 2.05) is 0 Å². The minimum atomic E-state index is 0.522. The van der Waals surface area contributed by atoms with Gasteiger partial charge in [0.2, 0.25) is 5.90 Å². The number of hydrogen-bond acceptors (Lipinski definition) is 2. The van der Waals surface area contributed by atoms with Gasteiger partial charge >= 0.3 is 0 Å². The average Bonchev–Trinajstić information content (AvgIpc) is 3.83. The topological polar surface area (TPSA) is 31.4 Å². The van der Waals surface area contributed by atoms with Gasteiger partial charge in [-0.1, -0.05) is 122 Å². The molecule has 284 valence electrons. The summed E-state index contributed by atoms with van der Waals surface area (Å²) in [6.07, 6.45) is 0. The maximum absolute atomic E-state index is 6.32. The molecule has 2 heterocycles. The highest BCUT2D eigenvalue weighted by atomic mass is 16.5. The summed E-state index contributed by atoms with van der Waals surface area (Å²) in [7, 11) is 1.75. The van der Waals surface area contributed by atoms with Crippen molar-refractivity contribution in [2.75, 3.05) is 7.05 Å². The molecule has 0 aliphatic heterocycles. The SMILES string of the molecule is C=C(OC(=NC)c1ccc(-c2ccc3ccccc3c2)cc1)c1ccc(-n2c3ccccc3c3cc(-c4ccc5c(c4)c4ccccc4n5-c4ccccc4)ccc32)cc1. The molecular weight excluding hydrogens is 731 g/mol. The number of aliphatic imine (C=N–C) groups is 1. The molecule has 0 unspecified atom stereocenters. The zero-order chi connectivity index (χ0) is 40.2. The van der Waals surface area contributed by atoms with Gasteiger partial charge in [-0.2, -0.15) is 0 Å². The first-order valence-corrected chi connectivity index (χ1v) is 20.3. The number of para-hydroxylation sites is 3. The van der Waals surface area contributed by atoms with E-state index in [0.29, 0.717) is 11.7 Å². The van der Waals surface area contributed by atoms with Gasteiger partial charge in [0.1, 0.15) is 5.76 Å². The second-order valence-electron chi connectivity index (χ2n) is 15.2. The van der Waals surface area contributed by atoms with E-state index in [1.165, 1.54) is 60.0 Å². The van der Waals surface area contributed by atoms with E-state index in [2.05, 4.69) is 227 Å². The van der Waals surface area contributed by atoms with E-state index in [9.17, 15) is 0 Å². The van der Waals surface area contributed by atoms with Crippen LogP contribution < -0.4 is 0 Å². The number of hydrogen-bond donors (Lipinski definition) is 0. The van der Waals surface area contributed by atoms with Crippen LogP contribution in [0.15, 0.2) is 218 Å². The molecule has 9 aromatic carbocycles. The van der Waals surface area contributed by atoms with Crippen LogP contribution in [0.4, 0.5) is 0 Å². The Bertz CT molecular complexity index is 3460. The molecule has 60 heavy (non-hydrogen) atoms. The lowest BCUT2D eigenvalue weighted by atomic mass is 10.0. The molecule has 11 aromatic rings. The van der Waals surface area contributed by atoms with Crippen molar-refractivity contribution in [2.24, 2.45) is 4.99 Å². The maximum Gasteiger partial charge on any atom is 0.221 e. The molecule has 4 nitrogen and oxygen atoms in total. The third-order valence-corrected chi connectivity index (χ3v) is 11.8. The summed E-state index contributed by atoms with van der Waals surface area (Å²) in [5.74, 6) is 1.06. The zero-order valence-corrected chi connectivity index (χ0v) is 33.1. The number of benzene rings is 9. The number of ether oxygens (including phenoxy) is 1. The fourth-order valence-corrected chi connectivity index (χ4v) is 8.82. The highest BCUT2D eigenvalue weighted by Crippen LogP contribution is 2.38. The van der Waals surface area contributed by atoms with Gasteiger partial charge < -0.3 is 13.9 Å². The standard InChI is InChI=1S/C56H39N3O/c1-37(60-56(57-2)41-23-20-40(21-24-41)43-25-22-39-12-6-7-13-42(39)34-43)38-26-30-47(31-27-38)59-53-19-11-9-17-49(53)51-36-45(29-33-55(51)59)44-28-32-54-50(35-44)48-16-8-10-18-52(48)58(54)46-14-4-3-5-15-46/h3-36H,1H2,2H3. The van der Waals surface area contributed by atoms with Crippen molar-refractivity contribution in [2.45, 2.75) is 0 Å². The third-order valence-electron chi connectivity index (χ3n) is 11.8. The van der Waals surface area contributed by atoms with Crippen LogP contribution in [0.3, 0.4) is 0 Å². The van der Waals surface area contributed by atoms with Crippen molar-refractivity contribution < 1.29 is 4.74 Å². The molecule has 0 saturated carbocycles. The molecule has 0 amide bonds. The Labute approximate surface area is 348 Å². The highest BCUT2D eigenvalue weighted by molar-refractivity contribution is 6.12. The van der Waals surface area contributed by atoms with Crippen LogP contribution in [0.1, 0.15) is 11.1 Å². The monoisotopic (exact) mass is 769 g/mol. The van der Waals surface area contributed by atoms with Crippen molar-refractivity contribution in [3.05, 3.63) is 224 Å². The Balaban J connectivity index is 0.883. The summed E-state index contributed by atoms with van der Waals surface area (Å²) in [6.45, 7) is 4.30. The van der Waals surface area contributed by atoms with Crippen LogP contribution in [0.25, 0.3) is 93.8 Å². The van der Waals surface area contributed by atoms with Gasteiger partial charge in [0, 0.05) is 51.1 Å². The number of rotatable bonds is 7. The minimum Gasteiger partial charge on any atom is -0.439 e. The smallest absolute Gasteiger partial charge is 0.221 e. The van der Waals surface area contributed by atoms with Crippen LogP contribution in [0.5, 0.6) is 0 Å². The molecule has 4 heteroatoms. The van der Waals surface area contributed by atoms with Crippen molar-refractivity contribution in [1.82, 2.24) is 9.13 Å². The van der Waals surface area contributed by atoms with Crippen molar-refractivity contribution in [1.29, 1.82) is 0 Å². The quantitative estimate of drug-likeness (QED) is 0.0902. The lowest BCUT2D eigenvalue weighted by molar-refractivity contribution is 0.509. The summed E-state index contributed by atoms with van der Waals surface area (Å²) in [6, 6.07) is 73.4. The average molecular weight is 770 g/mol. The second kappa shape index (κ2) is 14.5. The predicted octanol–water partition coefficient (Wildman–Crippen LogP) is 14.4. The Morgan fingerprint density at radius 2 is 0.867 bits per heavy atom. The van der Waals surface area contributed by atoms with Gasteiger partial charge in [-0.15, -0.1) is 0 Å². The van der Waals surface area contributed by atoms with E-state index < -0.39 is 0 Å². The van der Waals surface area contributed by atoms with E-state index in [1.54, 1.807) is 7.05 Å². The lowest BCUT2D eigenvalue weighted by Gasteiger charge is -2.13. The minimum absolute atomic E-state index is 0.522. The van der Waals surface area contributed by atoms with Crippen molar-refractivity contribution in [3.63, 3.8) is 0 Å². The van der Waals surface area contributed by atoms with Gasteiger partial charge in [-0.05, 0) is 124 Å². The Morgan fingerprint density at radius 1 is 0.400 bits per heavy atom. The van der Waals surface area contributed by atoms with E-state index >= 15 is 0 Å². The predicted molar refractivity (Wildman–Crippen MR) is 253 cm³/mol. The summed E-state index contributed by atoms with van der Waals surface area (Å²) in [5, 5.41) is 7.37. The zero-order valence-electron chi connectivity index (χ0n) is 33.1. The van der Waals surface area contributed by atoms with E-state index in [-0.39, 0.29) is 0 Å². The third kappa shape index (κ3) is 5.97. The van der Waals surface area contributed by atoms with Gasteiger partial charge in [0.15, 0.2) is 0 Å². The molecule has 0 radical (unpaired) electrons. The van der Waals surface area contributed by atoms with Crippen LogP contribution in [-0.2, 0) is 4.74 Å². The fraction of sp³-hybridized carbons (Fsp3) is 0.0179. The Morgan fingerprint density at radius 3 is 1.48 bits per heavy atom. The molecule has 0 fully saturated rings. The summed E-state index contributed by atoms with van der Waals surface area (Å²) >= 11 is 0. The Hall–Kier alpha value is -7.95. The fourth-order valence-electron chi connectivity index (χ4n) is 8.82. The number of nitrogens with zero attached hydrogens (tertiary/aromatic N) is 3. The maximum atomic E-state index is 6.32. The molecule has 0 saturated heterocycles. The summed E-state index contributed by atoms with van der Waals surface area (Å²) < 4.78 is 11.0. The molecule has 0 N–H and O–H groups in total. The number of aromatic nitrogens is 2. The second-order valence-corrected chi connectivity index (χ2v) is 15.2.